The van der Waals surface area contributed by atoms with Gasteiger partial charge in [-0.3, -0.25) is 0 Å². The van der Waals surface area contributed by atoms with Gasteiger partial charge in [-0.2, -0.15) is 0 Å². The summed E-state index contributed by atoms with van der Waals surface area (Å²) in [6.07, 6.45) is 32.8. The molecular formula is C101H72N4Si2. The Morgan fingerprint density at radius 1 is 0.346 bits per heavy atom. The maximum atomic E-state index is 5.71. The van der Waals surface area contributed by atoms with E-state index in [1.54, 1.807) is 5.19 Å². The average molecular weight is 1400 g/mol. The van der Waals surface area contributed by atoms with E-state index in [9.17, 15) is 0 Å². The Labute approximate surface area is 635 Å². The summed E-state index contributed by atoms with van der Waals surface area (Å²) in [6.45, 7) is 9.24. The molecule has 8 bridgehead atoms. The maximum absolute atomic E-state index is 5.71. The standard InChI is InChI=1S/C101H72N4Si2/c1-6-8-10-12-14-16-18-20-22-23-24-25-26-27-28-29-30-31-32-33-34-35-36-37-38-40-42-44-46-52-74-106-95-56-50-48-54-83(95)84-64-62-81(76-96(84)106)100-91-68-66-87(102-91)79(4)88-67-69-92(103-88)101(94-73-71-90(105-94)99(89-70-72-93(100)104-89)80-60-58-78(3)59-61-80)82-63-65-86-85-55-49-51-57-97(85)107(5,98(86)77-82)75-53-47-45-43-41-39-21-19-17-15-13-11-9-7-2/h1,48-51,54-73,76-77,103-104,106H,7,9,11,13,15,17,19,21,39,41,43,45,47,53,75H2,2-5H3. The van der Waals surface area contributed by atoms with E-state index in [4.69, 9.17) is 16.4 Å². The lowest BCUT2D eigenvalue weighted by molar-refractivity contribution is 0.538. The van der Waals surface area contributed by atoms with Crippen molar-refractivity contribution in [1.29, 1.82) is 0 Å². The Kier molecular flexibility index (Phi) is 25.4. The zero-order valence-electron chi connectivity index (χ0n) is 60.7. The molecule has 107 heavy (non-hydrogen) atoms. The molecule has 4 aliphatic rings. The highest BCUT2D eigenvalue weighted by atomic mass is 28.3. The molecule has 4 nitrogen and oxygen atoms in total. The fourth-order valence-electron chi connectivity index (χ4n) is 14.2. The molecule has 3 aromatic heterocycles. The van der Waals surface area contributed by atoms with Crippen LogP contribution in [-0.2, 0) is 0 Å². The number of terminal acetylenes is 1. The Bertz CT molecular complexity index is 6240. The third-order valence-corrected chi connectivity index (χ3v) is 26.6. The number of benzene rings is 5. The van der Waals surface area contributed by atoms with E-state index >= 15 is 0 Å². The maximum Gasteiger partial charge on any atom is 0.186 e. The van der Waals surface area contributed by atoms with Crippen LogP contribution in [-0.4, -0.2) is 36.8 Å². The molecule has 0 saturated carbocycles. The average Bonchev–Trinajstić information content (AvgIpc) is 1.55. The molecule has 0 saturated heterocycles. The highest BCUT2D eigenvalue weighted by Crippen LogP contribution is 2.40. The molecule has 2 atom stereocenters. The van der Waals surface area contributed by atoms with Gasteiger partial charge in [0, 0.05) is 122 Å². The molecule has 4 aliphatic heterocycles. The van der Waals surface area contributed by atoms with Gasteiger partial charge in [-0.15, -0.1) is 12.0 Å². The zero-order valence-corrected chi connectivity index (χ0v) is 62.8. The third-order valence-electron chi connectivity index (χ3n) is 19.4. The number of aryl methyl sites for hydroxylation is 2. The van der Waals surface area contributed by atoms with Gasteiger partial charge in [0.1, 0.15) is 8.07 Å². The van der Waals surface area contributed by atoms with Crippen molar-refractivity contribution >= 4 is 84.0 Å². The fourth-order valence-corrected chi connectivity index (χ4v) is 21.2. The number of rotatable bonds is 18. The number of H-pyrrole nitrogens is 2. The topological polar surface area (TPSA) is 57.4 Å². The number of unbranched alkanes of at least 4 members (excludes halogenated alkanes) is 13. The van der Waals surface area contributed by atoms with E-state index in [2.05, 4.69) is 378 Å². The van der Waals surface area contributed by atoms with Crippen LogP contribution in [0.5, 0.6) is 0 Å². The summed E-state index contributed by atoms with van der Waals surface area (Å²) in [5.41, 5.74) is 24.9. The monoisotopic (exact) mass is 1400 g/mol. The largest absolute Gasteiger partial charge is 0.355 e. The SMILES string of the molecule is C#CC#CC#CC#CC#CC#CC#CC#CC#CC#CC#CC#CC#CC#CC#CC#C[SiH]1c2ccccc2-c2ccc(-c3c4nc(c(C)c5ccc([nH]5)c(-c5ccc6c(c5)[Si](C)(CCCCCCCCCCCCCCCC)c5ccccc5-6)c5nc(c(-c6ccc(C)cc6)c6ccc3[nH]6)C=C5)C=C4)cc21. The van der Waals surface area contributed by atoms with Crippen molar-refractivity contribution in [3.8, 4) is 245 Å². The van der Waals surface area contributed by atoms with Gasteiger partial charge in [-0.25, -0.2) is 9.97 Å². The first-order chi connectivity index (χ1) is 52.8. The van der Waals surface area contributed by atoms with Crippen LogP contribution in [0.15, 0.2) is 133 Å². The Balaban J connectivity index is 0.807. The van der Waals surface area contributed by atoms with Crippen LogP contribution in [0, 0.1) is 203 Å². The predicted octanol–water partition coefficient (Wildman–Crippen LogP) is 16.5. The fraction of sp³-hybridized carbons (Fsp3) is 0.188. The van der Waals surface area contributed by atoms with E-state index in [0.29, 0.717) is 0 Å². The van der Waals surface area contributed by atoms with Crippen LogP contribution in [0.4, 0.5) is 0 Å². The molecule has 0 radical (unpaired) electrons. The molecule has 0 spiro atoms. The summed E-state index contributed by atoms with van der Waals surface area (Å²) in [4.78, 5) is 19.2. The van der Waals surface area contributed by atoms with Crippen molar-refractivity contribution in [1.82, 2.24) is 19.9 Å². The molecule has 6 heteroatoms. The number of aromatic nitrogens is 4. The molecule has 2 unspecified atom stereocenters. The third kappa shape index (κ3) is 18.5. The van der Waals surface area contributed by atoms with Gasteiger partial charge in [0.15, 0.2) is 8.80 Å². The Hall–Kier alpha value is -13.9. The lowest BCUT2D eigenvalue weighted by Crippen LogP contribution is -2.52. The summed E-state index contributed by atoms with van der Waals surface area (Å²) in [5, 5.41) is 5.59. The summed E-state index contributed by atoms with van der Waals surface area (Å²) >= 11 is 0. The van der Waals surface area contributed by atoms with Gasteiger partial charge in [0.25, 0.3) is 0 Å². The number of hydrogen-bond acceptors (Lipinski definition) is 2. The van der Waals surface area contributed by atoms with E-state index in [1.807, 2.05) is 0 Å². The van der Waals surface area contributed by atoms with Crippen molar-refractivity contribution in [2.75, 3.05) is 0 Å². The molecule has 504 valence electrons. The minimum atomic E-state index is -2.14. The molecular weight excluding hydrogens is 1330 g/mol. The van der Waals surface area contributed by atoms with E-state index in [0.717, 1.165) is 78.2 Å². The quantitative estimate of drug-likeness (QED) is 0.0511. The second kappa shape index (κ2) is 37.3. The smallest absolute Gasteiger partial charge is 0.186 e. The van der Waals surface area contributed by atoms with Crippen LogP contribution in [0.3, 0.4) is 0 Å². The summed E-state index contributed by atoms with van der Waals surface area (Å²) < 4.78 is 0. The first kappa shape index (κ1) is 72.9. The van der Waals surface area contributed by atoms with E-state index < -0.39 is 16.9 Å². The van der Waals surface area contributed by atoms with Crippen molar-refractivity contribution in [2.24, 2.45) is 0 Å². The molecule has 2 N–H and O–H groups in total. The molecule has 5 aromatic carbocycles. The van der Waals surface area contributed by atoms with E-state index in [1.165, 1.54) is 145 Å². The van der Waals surface area contributed by atoms with Crippen LogP contribution in [0.1, 0.15) is 131 Å². The van der Waals surface area contributed by atoms with Crippen LogP contribution in [0.2, 0.25) is 12.6 Å². The lowest BCUT2D eigenvalue weighted by Gasteiger charge is -2.25. The molecule has 0 aliphatic carbocycles. The molecule has 7 heterocycles. The second-order valence-corrected chi connectivity index (χ2v) is 33.0. The molecule has 12 rings (SSSR count). The van der Waals surface area contributed by atoms with E-state index in [-0.39, 0.29) is 0 Å². The summed E-state index contributed by atoms with van der Waals surface area (Å²) in [6, 6.07) is 50.9. The minimum Gasteiger partial charge on any atom is -0.355 e. The number of nitrogens with zero attached hydrogens (tertiary/aromatic N) is 2. The highest BCUT2D eigenvalue weighted by molar-refractivity contribution is 7.04. The predicted molar refractivity (Wildman–Crippen MR) is 453 cm³/mol. The van der Waals surface area contributed by atoms with Crippen molar-refractivity contribution in [2.45, 2.75) is 123 Å². The first-order valence-electron chi connectivity index (χ1n) is 36.5. The number of aromatic amines is 2. The van der Waals surface area contributed by atoms with Crippen LogP contribution < -0.4 is 20.7 Å². The van der Waals surface area contributed by atoms with Gasteiger partial charge in [-0.05, 0) is 228 Å². The summed E-state index contributed by atoms with van der Waals surface area (Å²) in [7, 11) is -4.26. The zero-order chi connectivity index (χ0) is 73.7. The van der Waals surface area contributed by atoms with Gasteiger partial charge in [0.2, 0.25) is 0 Å². The van der Waals surface area contributed by atoms with Crippen molar-refractivity contribution < 1.29 is 0 Å². The van der Waals surface area contributed by atoms with Gasteiger partial charge < -0.3 is 9.97 Å². The minimum absolute atomic E-state index is 0.862. The number of hydrogen-bond donors (Lipinski definition) is 2. The van der Waals surface area contributed by atoms with Crippen molar-refractivity contribution in [3.05, 3.63) is 167 Å². The Morgan fingerprint density at radius 3 is 1.23 bits per heavy atom. The van der Waals surface area contributed by atoms with Crippen LogP contribution in [0.25, 0.3) is 102 Å². The molecule has 0 amide bonds. The van der Waals surface area contributed by atoms with Gasteiger partial charge >= 0.3 is 0 Å². The number of fused-ring (bicyclic) bond motifs is 14. The Morgan fingerprint density at radius 2 is 0.720 bits per heavy atom. The summed E-state index contributed by atoms with van der Waals surface area (Å²) in [5.74, 6) is 78.0. The van der Waals surface area contributed by atoms with Crippen molar-refractivity contribution in [3.63, 3.8) is 0 Å². The normalized spacial score (nSPS) is 12.3. The van der Waals surface area contributed by atoms with Gasteiger partial charge in [0.05, 0.1) is 22.8 Å². The second-order valence-electron chi connectivity index (χ2n) is 26.3. The highest BCUT2D eigenvalue weighted by Gasteiger charge is 2.41. The molecule has 8 aromatic rings. The number of nitrogens with one attached hydrogen (secondary N) is 2. The molecule has 0 fully saturated rings. The van der Waals surface area contributed by atoms with Crippen LogP contribution >= 0.6 is 0 Å². The lowest BCUT2D eigenvalue weighted by atomic mass is 9.99. The van der Waals surface area contributed by atoms with Gasteiger partial charge in [-0.1, -0.05) is 218 Å². The first-order valence-corrected chi connectivity index (χ1v) is 40.9.